The molecule has 3 aliphatic rings. The van der Waals surface area contributed by atoms with E-state index in [2.05, 4.69) is 0 Å². The Kier molecular flexibility index (Phi) is 14.4. The maximum Gasteiger partial charge on any atom is 0.338 e. The average molecular weight is 819 g/mol. The van der Waals surface area contributed by atoms with E-state index in [-0.39, 0.29) is 26.4 Å². The summed E-state index contributed by atoms with van der Waals surface area (Å²) in [5, 5.41) is 12.1. The van der Waals surface area contributed by atoms with Crippen LogP contribution in [0.4, 0.5) is 0 Å². The van der Waals surface area contributed by atoms with E-state index in [1.165, 1.54) is 7.11 Å². The van der Waals surface area contributed by atoms with E-state index in [9.17, 15) is 9.90 Å². The predicted octanol–water partition coefficient (Wildman–Crippen LogP) is 6.56. The number of carbonyl (C=O) groups is 1. The highest BCUT2D eigenvalue weighted by atomic mass is 16.8. The molecule has 5 aromatic rings. The molecule has 3 fully saturated rings. The normalized spacial score (nSPS) is 29.0. The van der Waals surface area contributed by atoms with E-state index < -0.39 is 73.7 Å². The molecule has 0 aliphatic carbocycles. The van der Waals surface area contributed by atoms with Gasteiger partial charge in [0.15, 0.2) is 25.0 Å². The first kappa shape index (κ1) is 41.9. The van der Waals surface area contributed by atoms with Crippen molar-refractivity contribution in [3.05, 3.63) is 179 Å². The monoisotopic (exact) mass is 818 g/mol. The number of esters is 1. The molecule has 12 nitrogen and oxygen atoms in total. The van der Waals surface area contributed by atoms with Crippen LogP contribution in [0.1, 0.15) is 38.9 Å². The molecule has 12 heteroatoms. The number of ether oxygens (including phenoxy) is 10. The first-order valence-electron chi connectivity index (χ1n) is 20.2. The number of methoxy groups -OCH3 is 1. The van der Waals surface area contributed by atoms with Crippen molar-refractivity contribution in [1.82, 2.24) is 0 Å². The molecule has 8 rings (SSSR count). The van der Waals surface area contributed by atoms with Gasteiger partial charge in [0.05, 0.1) is 38.6 Å². The van der Waals surface area contributed by atoms with Gasteiger partial charge in [-0.25, -0.2) is 4.79 Å². The third-order valence-electron chi connectivity index (χ3n) is 10.7. The predicted molar refractivity (Wildman–Crippen MR) is 217 cm³/mol. The third kappa shape index (κ3) is 10.4. The molecular weight excluding hydrogens is 769 g/mol. The number of hydrogen-bond acceptors (Lipinski definition) is 12. The van der Waals surface area contributed by atoms with E-state index >= 15 is 0 Å². The topological polar surface area (TPSA) is 130 Å². The Labute approximate surface area is 349 Å². The van der Waals surface area contributed by atoms with Gasteiger partial charge >= 0.3 is 5.97 Å². The molecular formula is C48H50O12. The van der Waals surface area contributed by atoms with E-state index in [1.807, 2.05) is 127 Å². The molecule has 3 aliphatic heterocycles. The lowest BCUT2D eigenvalue weighted by atomic mass is 9.96. The second-order valence-electron chi connectivity index (χ2n) is 14.8. The molecule has 3 saturated heterocycles. The summed E-state index contributed by atoms with van der Waals surface area (Å²) in [7, 11) is 1.46. The average Bonchev–Trinajstić information content (AvgIpc) is 3.31. The van der Waals surface area contributed by atoms with Crippen molar-refractivity contribution >= 4 is 5.97 Å². The maximum atomic E-state index is 14.0. The number of aliphatic hydroxyl groups excluding tert-OH is 1. The van der Waals surface area contributed by atoms with Crippen molar-refractivity contribution in [2.45, 2.75) is 87.5 Å². The van der Waals surface area contributed by atoms with Crippen LogP contribution in [-0.4, -0.2) is 92.8 Å². The number of hydrogen-bond donors (Lipinski definition) is 1. The number of carbonyl (C=O) groups excluding carboxylic acids is 1. The molecule has 0 spiro atoms. The molecule has 314 valence electrons. The lowest BCUT2D eigenvalue weighted by Crippen LogP contribution is -2.67. The van der Waals surface area contributed by atoms with Gasteiger partial charge in [-0.2, -0.15) is 0 Å². The molecule has 11 atom stereocenters. The van der Waals surface area contributed by atoms with Crippen molar-refractivity contribution in [2.75, 3.05) is 20.3 Å². The van der Waals surface area contributed by atoms with Crippen molar-refractivity contribution in [1.29, 1.82) is 0 Å². The van der Waals surface area contributed by atoms with Crippen LogP contribution in [0.25, 0.3) is 0 Å². The van der Waals surface area contributed by atoms with Crippen molar-refractivity contribution in [2.24, 2.45) is 0 Å². The van der Waals surface area contributed by atoms with Gasteiger partial charge in [-0.15, -0.1) is 0 Å². The fourth-order valence-corrected chi connectivity index (χ4v) is 7.64. The Morgan fingerprint density at radius 2 is 1.17 bits per heavy atom. The number of fused-ring (bicyclic) bond motifs is 1. The van der Waals surface area contributed by atoms with Crippen molar-refractivity contribution in [3.8, 4) is 0 Å². The molecule has 0 bridgehead atoms. The van der Waals surface area contributed by atoms with Crippen LogP contribution in [0.3, 0.4) is 0 Å². The van der Waals surface area contributed by atoms with E-state index in [0.717, 1.165) is 22.3 Å². The second kappa shape index (κ2) is 20.6. The summed E-state index contributed by atoms with van der Waals surface area (Å²) in [5.74, 6) is -0.631. The summed E-state index contributed by atoms with van der Waals surface area (Å²) >= 11 is 0. The van der Waals surface area contributed by atoms with Crippen LogP contribution in [0.5, 0.6) is 0 Å². The molecule has 1 unspecified atom stereocenters. The zero-order valence-corrected chi connectivity index (χ0v) is 33.3. The van der Waals surface area contributed by atoms with Crippen LogP contribution in [0.2, 0.25) is 0 Å². The minimum atomic E-state index is -1.34. The fraction of sp³-hybridized carbons (Fsp3) is 0.354. The van der Waals surface area contributed by atoms with Crippen LogP contribution in [0.15, 0.2) is 152 Å². The quantitative estimate of drug-likeness (QED) is 0.108. The first-order valence-corrected chi connectivity index (χ1v) is 20.2. The molecule has 60 heavy (non-hydrogen) atoms. The Morgan fingerprint density at radius 3 is 1.77 bits per heavy atom. The first-order chi connectivity index (χ1) is 29.5. The van der Waals surface area contributed by atoms with Gasteiger partial charge in [-0.1, -0.05) is 140 Å². The maximum absolute atomic E-state index is 14.0. The smallest absolute Gasteiger partial charge is 0.338 e. The molecule has 0 aromatic heterocycles. The Bertz CT molecular complexity index is 2030. The van der Waals surface area contributed by atoms with Gasteiger partial charge in [0, 0.05) is 12.7 Å². The number of benzene rings is 5. The minimum absolute atomic E-state index is 0.0556. The summed E-state index contributed by atoms with van der Waals surface area (Å²) in [5.41, 5.74) is 3.88. The summed E-state index contributed by atoms with van der Waals surface area (Å²) < 4.78 is 64.2. The van der Waals surface area contributed by atoms with E-state index in [4.69, 9.17) is 47.4 Å². The van der Waals surface area contributed by atoms with Gasteiger partial charge in [-0.3, -0.25) is 0 Å². The van der Waals surface area contributed by atoms with Crippen molar-refractivity contribution < 1.29 is 57.3 Å². The van der Waals surface area contributed by atoms with Crippen LogP contribution >= 0.6 is 0 Å². The molecule has 0 radical (unpaired) electrons. The standard InChI is InChI=1S/C48H50O12/c1-51-47-42(39(49)40-38(56-47)31-55-46(59-40)36-25-15-6-16-26-36)60-48-44(58-45(50)35-23-13-5-14-24-35)43(54-29-34-21-11-4-12-22-34)41(53-28-33-19-9-3-10-20-33)37(57-48)30-52-27-32-17-7-2-8-18-32/h2-26,37-44,46-49H,27-31H2,1H3/t37-,38-,39+,40-,41-,42-,43+,44+,46?,47+,48-/m1/s1. The summed E-state index contributed by atoms with van der Waals surface area (Å²) in [6, 6.07) is 47.3. The SMILES string of the molecule is CO[C@H]1O[C@@H]2COC(c3ccccc3)O[C@H]2[C@H](O)[C@H]1O[C@H]1O[C@H](COCc2ccccc2)[C@@H](OCc2ccccc2)[C@H](OCc2ccccc2)[C@@H]1OC(=O)c1ccccc1. The van der Waals surface area contributed by atoms with Crippen molar-refractivity contribution in [3.63, 3.8) is 0 Å². The van der Waals surface area contributed by atoms with E-state index in [0.29, 0.717) is 12.2 Å². The zero-order chi connectivity index (χ0) is 41.1. The van der Waals surface area contributed by atoms with E-state index in [1.54, 1.807) is 24.3 Å². The highest BCUT2D eigenvalue weighted by Gasteiger charge is 2.55. The molecule has 1 N–H and O–H groups in total. The molecule has 0 amide bonds. The number of rotatable bonds is 16. The summed E-state index contributed by atoms with van der Waals surface area (Å²) in [6.45, 7) is 0.842. The minimum Gasteiger partial charge on any atom is -0.450 e. The van der Waals surface area contributed by atoms with Crippen LogP contribution < -0.4 is 0 Å². The fourth-order valence-electron chi connectivity index (χ4n) is 7.64. The Morgan fingerprint density at radius 1 is 0.617 bits per heavy atom. The lowest BCUT2D eigenvalue weighted by Gasteiger charge is -2.50. The van der Waals surface area contributed by atoms with Crippen LogP contribution in [0, 0.1) is 0 Å². The van der Waals surface area contributed by atoms with Gasteiger partial charge in [0.2, 0.25) is 0 Å². The summed E-state index contributed by atoms with van der Waals surface area (Å²) in [4.78, 5) is 14.0. The van der Waals surface area contributed by atoms with Crippen LogP contribution in [-0.2, 0) is 67.2 Å². The summed E-state index contributed by atoms with van der Waals surface area (Å²) in [6.07, 6.45) is -11.0. The highest BCUT2D eigenvalue weighted by molar-refractivity contribution is 5.89. The zero-order valence-electron chi connectivity index (χ0n) is 33.3. The van der Waals surface area contributed by atoms with Gasteiger partial charge in [-0.05, 0) is 28.8 Å². The second-order valence-corrected chi connectivity index (χ2v) is 14.8. The lowest BCUT2D eigenvalue weighted by molar-refractivity contribution is -0.393. The van der Waals surface area contributed by atoms with Gasteiger partial charge < -0.3 is 52.5 Å². The largest absolute Gasteiger partial charge is 0.450 e. The third-order valence-corrected chi connectivity index (χ3v) is 10.7. The molecule has 0 saturated carbocycles. The number of aliphatic hydroxyl groups is 1. The van der Waals surface area contributed by atoms with Gasteiger partial charge in [0.25, 0.3) is 0 Å². The molecule has 3 heterocycles. The Balaban J connectivity index is 1.13. The highest BCUT2D eigenvalue weighted by Crippen LogP contribution is 2.38. The Hall–Kier alpha value is -4.83. The molecule has 5 aromatic carbocycles. The van der Waals surface area contributed by atoms with Gasteiger partial charge in [0.1, 0.15) is 42.7 Å².